The molecule has 4 aromatic rings. The molecule has 1 N–H and O–H groups in total. The van der Waals surface area contributed by atoms with Gasteiger partial charge in [-0.15, -0.1) is 0 Å². The minimum Gasteiger partial charge on any atom is -0.480 e. The minimum atomic E-state index is -0.608. The number of ether oxygens (including phenoxy) is 1. The first-order valence-corrected chi connectivity index (χ1v) is 9.64. The average molecular weight is 385 g/mol. The van der Waals surface area contributed by atoms with Crippen LogP contribution >= 0.6 is 0 Å². The molecule has 0 saturated carbocycles. The van der Waals surface area contributed by atoms with E-state index in [0.717, 1.165) is 27.8 Å². The summed E-state index contributed by atoms with van der Waals surface area (Å²) in [5.41, 5.74) is 2.02. The number of aromatic nitrogens is 2. The topological polar surface area (TPSA) is 56.2 Å². The van der Waals surface area contributed by atoms with E-state index in [1.807, 2.05) is 84.4 Å². The molecule has 0 aliphatic heterocycles. The molecule has 29 heavy (non-hydrogen) atoms. The lowest BCUT2D eigenvalue weighted by Crippen LogP contribution is -2.36. The van der Waals surface area contributed by atoms with Crippen molar-refractivity contribution in [3.05, 3.63) is 90.5 Å². The molecule has 0 bridgehead atoms. The third-order valence-corrected chi connectivity index (χ3v) is 4.95. The Morgan fingerprint density at radius 2 is 1.83 bits per heavy atom. The zero-order chi connectivity index (χ0) is 20.2. The molecule has 0 saturated heterocycles. The third kappa shape index (κ3) is 3.99. The van der Waals surface area contributed by atoms with Crippen molar-refractivity contribution in [3.8, 4) is 11.4 Å². The molecule has 0 aliphatic carbocycles. The average Bonchev–Trinajstić information content (AvgIpc) is 3.18. The van der Waals surface area contributed by atoms with E-state index >= 15 is 0 Å². The van der Waals surface area contributed by atoms with E-state index in [1.54, 1.807) is 13.1 Å². The summed E-state index contributed by atoms with van der Waals surface area (Å²) in [5, 5.41) is 5.07. The molecule has 0 spiro atoms. The largest absolute Gasteiger partial charge is 0.480 e. The first-order valence-electron chi connectivity index (χ1n) is 9.64. The second-order valence-corrected chi connectivity index (χ2v) is 6.93. The van der Waals surface area contributed by atoms with E-state index in [0.29, 0.717) is 12.3 Å². The molecular formula is C24H23N3O2. The number of carbonyl (C=O) groups is 1. The van der Waals surface area contributed by atoms with Crippen LogP contribution in [0.1, 0.15) is 18.3 Å². The van der Waals surface area contributed by atoms with Gasteiger partial charge in [0, 0.05) is 24.3 Å². The first kappa shape index (κ1) is 18.7. The summed E-state index contributed by atoms with van der Waals surface area (Å²) in [4.78, 5) is 17.0. The van der Waals surface area contributed by atoms with Crippen LogP contribution in [0.5, 0.6) is 5.75 Å². The Kier molecular flexibility index (Phi) is 5.29. The van der Waals surface area contributed by atoms with Gasteiger partial charge in [0.2, 0.25) is 0 Å². The summed E-state index contributed by atoms with van der Waals surface area (Å²) in [6, 6.07) is 21.8. The standard InChI is InChI=1S/C24H23N3O2/c1-17(29-23-13-7-10-19-8-3-5-11-21(19)23)24(28)26-16-20-9-4-6-12-22(20)27-15-14-25-18(27)2/h3-15,17H,16H2,1-2H3,(H,26,28). The molecule has 5 nitrogen and oxygen atoms in total. The van der Waals surface area contributed by atoms with Gasteiger partial charge < -0.3 is 14.6 Å². The van der Waals surface area contributed by atoms with Gasteiger partial charge in [-0.1, -0.05) is 54.6 Å². The highest BCUT2D eigenvalue weighted by molar-refractivity contribution is 5.89. The summed E-state index contributed by atoms with van der Waals surface area (Å²) >= 11 is 0. The van der Waals surface area contributed by atoms with E-state index < -0.39 is 6.10 Å². The van der Waals surface area contributed by atoms with Crippen molar-refractivity contribution in [3.63, 3.8) is 0 Å². The predicted octanol–water partition coefficient (Wildman–Crippen LogP) is 4.42. The van der Waals surface area contributed by atoms with Crippen LogP contribution in [0.3, 0.4) is 0 Å². The van der Waals surface area contributed by atoms with Crippen LogP contribution in [0.25, 0.3) is 16.5 Å². The predicted molar refractivity (Wildman–Crippen MR) is 114 cm³/mol. The van der Waals surface area contributed by atoms with E-state index in [-0.39, 0.29) is 5.91 Å². The molecule has 146 valence electrons. The normalized spacial score (nSPS) is 11.9. The summed E-state index contributed by atoms with van der Waals surface area (Å²) in [7, 11) is 0. The van der Waals surface area contributed by atoms with Crippen LogP contribution in [0.4, 0.5) is 0 Å². The molecule has 3 aromatic carbocycles. The van der Waals surface area contributed by atoms with Crippen molar-refractivity contribution in [2.75, 3.05) is 0 Å². The van der Waals surface area contributed by atoms with Crippen LogP contribution in [0, 0.1) is 6.92 Å². The number of imidazole rings is 1. The van der Waals surface area contributed by atoms with Gasteiger partial charge in [0.1, 0.15) is 11.6 Å². The number of amides is 1. The second kappa shape index (κ2) is 8.19. The number of rotatable bonds is 6. The van der Waals surface area contributed by atoms with Gasteiger partial charge in [0.15, 0.2) is 6.10 Å². The maximum absolute atomic E-state index is 12.7. The molecular weight excluding hydrogens is 362 g/mol. The molecule has 1 unspecified atom stereocenters. The van der Waals surface area contributed by atoms with E-state index in [1.165, 1.54) is 0 Å². The lowest BCUT2D eigenvalue weighted by Gasteiger charge is -2.17. The van der Waals surface area contributed by atoms with Crippen LogP contribution in [-0.4, -0.2) is 21.6 Å². The maximum atomic E-state index is 12.7. The Labute approximate surface area is 170 Å². The van der Waals surface area contributed by atoms with Gasteiger partial charge in [0.25, 0.3) is 5.91 Å². The SMILES string of the molecule is Cc1nccn1-c1ccccc1CNC(=O)C(C)Oc1cccc2ccccc12. The van der Waals surface area contributed by atoms with E-state index in [4.69, 9.17) is 4.74 Å². The highest BCUT2D eigenvalue weighted by atomic mass is 16.5. The highest BCUT2D eigenvalue weighted by Gasteiger charge is 2.16. The third-order valence-electron chi connectivity index (χ3n) is 4.95. The number of nitrogens with zero attached hydrogens (tertiary/aromatic N) is 2. The van der Waals surface area contributed by atoms with Crippen LogP contribution < -0.4 is 10.1 Å². The number of hydrogen-bond acceptors (Lipinski definition) is 3. The number of benzene rings is 3. The fourth-order valence-electron chi connectivity index (χ4n) is 3.40. The summed E-state index contributed by atoms with van der Waals surface area (Å²) < 4.78 is 7.98. The quantitative estimate of drug-likeness (QED) is 0.535. The fraction of sp³-hybridized carbons (Fsp3) is 0.167. The summed E-state index contributed by atoms with van der Waals surface area (Å²) in [6.45, 7) is 4.13. The van der Waals surface area contributed by atoms with Crippen molar-refractivity contribution in [2.24, 2.45) is 0 Å². The van der Waals surface area contributed by atoms with Crippen molar-refractivity contribution in [1.82, 2.24) is 14.9 Å². The monoisotopic (exact) mass is 385 g/mol. The molecule has 5 heteroatoms. The van der Waals surface area contributed by atoms with Gasteiger partial charge in [-0.2, -0.15) is 0 Å². The Hall–Kier alpha value is -3.60. The van der Waals surface area contributed by atoms with Gasteiger partial charge in [-0.05, 0) is 36.9 Å². The number of fused-ring (bicyclic) bond motifs is 1. The number of carbonyl (C=O) groups excluding carboxylic acids is 1. The molecule has 1 heterocycles. The number of hydrogen-bond donors (Lipinski definition) is 1. The lowest BCUT2D eigenvalue weighted by atomic mass is 10.1. The molecule has 0 radical (unpaired) electrons. The zero-order valence-corrected chi connectivity index (χ0v) is 16.5. The lowest BCUT2D eigenvalue weighted by molar-refractivity contribution is -0.127. The first-order chi connectivity index (χ1) is 14.1. The molecule has 4 rings (SSSR count). The molecule has 1 atom stereocenters. The summed E-state index contributed by atoms with van der Waals surface area (Å²) in [5.74, 6) is 1.45. The van der Waals surface area contributed by atoms with Crippen molar-refractivity contribution >= 4 is 16.7 Å². The van der Waals surface area contributed by atoms with Crippen molar-refractivity contribution in [2.45, 2.75) is 26.5 Å². The Balaban J connectivity index is 1.46. The Morgan fingerprint density at radius 1 is 1.07 bits per heavy atom. The number of aryl methyl sites for hydroxylation is 1. The van der Waals surface area contributed by atoms with Crippen LogP contribution in [-0.2, 0) is 11.3 Å². The van der Waals surface area contributed by atoms with Gasteiger partial charge in [-0.3, -0.25) is 4.79 Å². The minimum absolute atomic E-state index is 0.157. The molecule has 1 aromatic heterocycles. The Morgan fingerprint density at radius 3 is 2.66 bits per heavy atom. The fourth-order valence-corrected chi connectivity index (χ4v) is 3.40. The maximum Gasteiger partial charge on any atom is 0.261 e. The highest BCUT2D eigenvalue weighted by Crippen LogP contribution is 2.26. The van der Waals surface area contributed by atoms with Crippen molar-refractivity contribution in [1.29, 1.82) is 0 Å². The Bertz CT molecular complexity index is 1140. The zero-order valence-electron chi connectivity index (χ0n) is 16.5. The van der Waals surface area contributed by atoms with Gasteiger partial charge >= 0.3 is 0 Å². The van der Waals surface area contributed by atoms with Crippen LogP contribution in [0.2, 0.25) is 0 Å². The molecule has 0 fully saturated rings. The second-order valence-electron chi connectivity index (χ2n) is 6.93. The number of nitrogens with one attached hydrogen (secondary N) is 1. The molecule has 1 amide bonds. The van der Waals surface area contributed by atoms with Gasteiger partial charge in [-0.25, -0.2) is 4.98 Å². The van der Waals surface area contributed by atoms with E-state index in [9.17, 15) is 4.79 Å². The van der Waals surface area contributed by atoms with Crippen molar-refractivity contribution < 1.29 is 9.53 Å². The van der Waals surface area contributed by atoms with Gasteiger partial charge in [0.05, 0.1) is 5.69 Å². The summed E-state index contributed by atoms with van der Waals surface area (Å²) in [6.07, 6.45) is 3.08. The smallest absolute Gasteiger partial charge is 0.261 e. The van der Waals surface area contributed by atoms with Crippen LogP contribution in [0.15, 0.2) is 79.1 Å². The van der Waals surface area contributed by atoms with E-state index in [2.05, 4.69) is 10.3 Å². The number of para-hydroxylation sites is 1. The molecule has 0 aliphatic rings.